The van der Waals surface area contributed by atoms with Crippen LogP contribution in [0.3, 0.4) is 0 Å². The fourth-order valence-electron chi connectivity index (χ4n) is 7.92. The molecule has 5 aromatic rings. The first-order valence-corrected chi connectivity index (χ1v) is 17.7. The van der Waals surface area contributed by atoms with Crippen LogP contribution in [0.5, 0.6) is 0 Å². The average Bonchev–Trinajstić information content (AvgIpc) is 3.06. The van der Waals surface area contributed by atoms with Crippen molar-refractivity contribution >= 4 is 11.4 Å². The summed E-state index contributed by atoms with van der Waals surface area (Å²) >= 11 is 0. The summed E-state index contributed by atoms with van der Waals surface area (Å²) in [7, 11) is 2.19. The molecule has 248 valence electrons. The van der Waals surface area contributed by atoms with Gasteiger partial charge in [0.15, 0.2) is 29.3 Å². The largest absolute Gasteiger partial charge is 0.336 e. The highest BCUT2D eigenvalue weighted by atomic mass is 15.1. The predicted octanol–water partition coefficient (Wildman–Crippen LogP) is 9.38. The predicted molar refractivity (Wildman–Crippen MR) is 201 cm³/mol. The molecule has 0 spiro atoms. The number of hydrogen-bond acceptors (Lipinski definition) is 1. The highest BCUT2D eigenvalue weighted by Gasteiger charge is 2.27. The molecule has 0 N–H and O–H groups in total. The summed E-state index contributed by atoms with van der Waals surface area (Å²) in [6.45, 7) is 29.0. The van der Waals surface area contributed by atoms with E-state index >= 15 is 0 Å². The van der Waals surface area contributed by atoms with Crippen molar-refractivity contribution in [3.8, 4) is 0 Å². The van der Waals surface area contributed by atoms with Crippen molar-refractivity contribution in [3.63, 3.8) is 0 Å². The fourth-order valence-corrected chi connectivity index (χ4v) is 7.92. The van der Waals surface area contributed by atoms with Gasteiger partial charge in [0.2, 0.25) is 0 Å². The van der Waals surface area contributed by atoms with Crippen molar-refractivity contribution in [2.45, 2.75) is 109 Å². The Balaban J connectivity index is 1.29. The zero-order valence-corrected chi connectivity index (χ0v) is 31.8. The molecule has 48 heavy (non-hydrogen) atoms. The molecule has 1 aliphatic heterocycles. The van der Waals surface area contributed by atoms with E-state index in [1.54, 1.807) is 0 Å². The van der Waals surface area contributed by atoms with Crippen LogP contribution in [0.25, 0.3) is 0 Å². The van der Waals surface area contributed by atoms with E-state index in [1.165, 1.54) is 112 Å². The molecule has 0 fully saturated rings. The first kappa shape index (κ1) is 33.7. The second-order valence-corrected chi connectivity index (χ2v) is 14.8. The quantitative estimate of drug-likeness (QED) is 0.169. The summed E-state index contributed by atoms with van der Waals surface area (Å²) in [5.41, 5.74) is 27.8. The molecular weight excluding hydrogens is 583 g/mol. The molecule has 0 unspecified atom stereocenters. The molecule has 0 amide bonds. The van der Waals surface area contributed by atoms with Gasteiger partial charge in [-0.15, -0.1) is 0 Å². The van der Waals surface area contributed by atoms with Gasteiger partial charge in [-0.2, -0.15) is 4.57 Å². The Morgan fingerprint density at radius 2 is 0.917 bits per heavy atom. The van der Waals surface area contributed by atoms with Gasteiger partial charge in [-0.05, 0) is 124 Å². The maximum absolute atomic E-state index is 2.55. The molecule has 3 heteroatoms. The van der Waals surface area contributed by atoms with Crippen molar-refractivity contribution in [3.05, 3.63) is 149 Å². The minimum absolute atomic E-state index is 0.860. The molecule has 0 aliphatic carbocycles. The van der Waals surface area contributed by atoms with Gasteiger partial charge in [-0.3, -0.25) is 0 Å². The lowest BCUT2D eigenvalue weighted by molar-refractivity contribution is -0.700. The fraction of sp³-hybridized carbons (Fsp3) is 0.378. The number of aryl methyl sites for hydroxylation is 4. The van der Waals surface area contributed by atoms with Crippen LogP contribution in [0.2, 0.25) is 0 Å². The summed E-state index contributed by atoms with van der Waals surface area (Å²) in [6.07, 6.45) is 1.98. The van der Waals surface area contributed by atoms with Crippen LogP contribution in [0.15, 0.2) is 48.5 Å². The summed E-state index contributed by atoms with van der Waals surface area (Å²) in [5, 5.41) is 0. The second kappa shape index (κ2) is 12.7. The molecule has 3 nitrogen and oxygen atoms in total. The maximum Gasteiger partial charge on any atom is 0.181 e. The molecule has 0 saturated carbocycles. The molecule has 0 saturated heterocycles. The topological polar surface area (TPSA) is 11.0 Å². The van der Waals surface area contributed by atoms with Crippen molar-refractivity contribution in [1.29, 1.82) is 0 Å². The van der Waals surface area contributed by atoms with Gasteiger partial charge in [0.25, 0.3) is 0 Å². The second-order valence-electron chi connectivity index (χ2n) is 14.8. The highest BCUT2D eigenvalue weighted by Crippen LogP contribution is 2.42. The summed E-state index contributed by atoms with van der Waals surface area (Å²) < 4.78 is 4.86. The van der Waals surface area contributed by atoms with Gasteiger partial charge in [0.1, 0.15) is 7.05 Å². The normalized spacial score (nSPS) is 12.4. The Kier molecular flexibility index (Phi) is 8.87. The Morgan fingerprint density at radius 3 is 1.38 bits per heavy atom. The van der Waals surface area contributed by atoms with E-state index in [2.05, 4.69) is 153 Å². The van der Waals surface area contributed by atoms with Crippen molar-refractivity contribution in [1.82, 2.24) is 0 Å². The third kappa shape index (κ3) is 5.76. The van der Waals surface area contributed by atoms with E-state index in [9.17, 15) is 0 Å². The number of fused-ring (bicyclic) bond motifs is 2. The number of rotatable bonds is 6. The van der Waals surface area contributed by atoms with Crippen molar-refractivity contribution in [2.24, 2.45) is 7.05 Å². The van der Waals surface area contributed by atoms with E-state index in [0.717, 1.165) is 25.9 Å². The van der Waals surface area contributed by atoms with E-state index in [0.29, 0.717) is 0 Å². The first-order chi connectivity index (χ1) is 22.7. The lowest BCUT2D eigenvalue weighted by Crippen LogP contribution is -2.43. The minimum Gasteiger partial charge on any atom is -0.336 e. The number of aromatic nitrogens is 2. The van der Waals surface area contributed by atoms with E-state index in [-0.39, 0.29) is 0 Å². The van der Waals surface area contributed by atoms with Gasteiger partial charge in [-0.1, -0.05) is 36.4 Å². The van der Waals surface area contributed by atoms with Gasteiger partial charge >= 0.3 is 0 Å². The Hall–Kier alpha value is -4.24. The molecular formula is C45H55N3+2. The number of pyridine rings is 2. The van der Waals surface area contributed by atoms with Crippen LogP contribution in [0.1, 0.15) is 101 Å². The summed E-state index contributed by atoms with van der Waals surface area (Å²) in [5.74, 6) is 0. The summed E-state index contributed by atoms with van der Waals surface area (Å²) in [6, 6.07) is 19.0. The SMILES string of the molecule is Cc1cc2c(cc1C)N(Cc1ccc(C[n+]3c(C)c(C)c(Cc4c(C)c(C)[n+](C)c(C)c4C)c(C)c3C)cc1)c1cc(C)c(C)cc1C2. The Labute approximate surface area is 289 Å². The zero-order chi connectivity index (χ0) is 34.8. The molecule has 0 atom stereocenters. The Bertz CT molecular complexity index is 1980. The molecule has 2 aromatic heterocycles. The van der Waals surface area contributed by atoms with E-state index < -0.39 is 0 Å². The van der Waals surface area contributed by atoms with Crippen molar-refractivity contribution < 1.29 is 9.13 Å². The number of nitrogens with zero attached hydrogens (tertiary/aromatic N) is 3. The molecule has 1 aliphatic rings. The van der Waals surface area contributed by atoms with Crippen molar-refractivity contribution in [2.75, 3.05) is 4.90 Å². The summed E-state index contributed by atoms with van der Waals surface area (Å²) in [4.78, 5) is 2.55. The number of hydrogen-bond donors (Lipinski definition) is 0. The third-order valence-corrected chi connectivity index (χ3v) is 12.2. The molecule has 0 radical (unpaired) electrons. The lowest BCUT2D eigenvalue weighted by atomic mass is 9.89. The molecule has 0 bridgehead atoms. The maximum atomic E-state index is 2.55. The van der Waals surface area contributed by atoms with E-state index in [1.807, 2.05) is 0 Å². The molecule has 6 rings (SSSR count). The smallest absolute Gasteiger partial charge is 0.181 e. The van der Waals surface area contributed by atoms with Crippen LogP contribution < -0.4 is 14.0 Å². The van der Waals surface area contributed by atoms with Crippen LogP contribution in [0.4, 0.5) is 11.4 Å². The van der Waals surface area contributed by atoms with Gasteiger partial charge in [0.05, 0.1) is 0 Å². The van der Waals surface area contributed by atoms with Gasteiger partial charge in [0, 0.05) is 79.9 Å². The average molecular weight is 638 g/mol. The van der Waals surface area contributed by atoms with Crippen LogP contribution in [-0.2, 0) is 33.0 Å². The monoisotopic (exact) mass is 637 g/mol. The van der Waals surface area contributed by atoms with Crippen LogP contribution >= 0.6 is 0 Å². The number of anilines is 2. The lowest BCUT2D eigenvalue weighted by Gasteiger charge is -2.35. The minimum atomic E-state index is 0.860. The van der Waals surface area contributed by atoms with Gasteiger partial charge in [-0.25, -0.2) is 4.57 Å². The molecule has 3 aromatic carbocycles. The van der Waals surface area contributed by atoms with Gasteiger partial charge < -0.3 is 4.90 Å². The Morgan fingerprint density at radius 1 is 0.521 bits per heavy atom. The zero-order valence-electron chi connectivity index (χ0n) is 31.8. The van der Waals surface area contributed by atoms with Crippen LogP contribution in [-0.4, -0.2) is 0 Å². The van der Waals surface area contributed by atoms with E-state index in [4.69, 9.17) is 0 Å². The number of benzene rings is 3. The third-order valence-electron chi connectivity index (χ3n) is 12.2. The first-order valence-electron chi connectivity index (χ1n) is 17.7. The standard InChI is InChI=1S/C45H55N3/c1-26-18-40-22-41-19-27(2)29(4)21-45(41)48(44(40)20-28(26)3)25-39-16-14-38(15-17-39)24-47-36(11)32(7)43(33(8)37(47)12)23-42-30(5)34(9)46(13)35(10)31(42)6/h14-21H,22-25H2,1-13H3/q+2. The van der Waals surface area contributed by atoms with Crippen LogP contribution in [0, 0.1) is 83.1 Å². The molecule has 3 heterocycles. The highest BCUT2D eigenvalue weighted by molar-refractivity contribution is 5.76.